The van der Waals surface area contributed by atoms with Crippen LogP contribution in [0.3, 0.4) is 0 Å². The summed E-state index contributed by atoms with van der Waals surface area (Å²) in [7, 11) is 0. The maximum Gasteiger partial charge on any atom is 0.231 e. The number of rotatable bonds is 4. The number of hydrogen-bond donors (Lipinski definition) is 3. The van der Waals surface area contributed by atoms with Gasteiger partial charge >= 0.3 is 0 Å². The third kappa shape index (κ3) is 6.29. The van der Waals surface area contributed by atoms with Gasteiger partial charge in [0.15, 0.2) is 5.11 Å². The highest BCUT2D eigenvalue weighted by molar-refractivity contribution is 7.80. The van der Waals surface area contributed by atoms with Gasteiger partial charge in [-0.15, -0.1) is 0 Å². The standard InChI is InChI=1S/C20H23N3O2S/c1-20(2,3)18(25)23-19(26)22-16-11-7-10-15(13-16)21-17(24)12-14-8-5-4-6-9-14/h4-11,13H,12H2,1-3H3,(H,21,24)(H2,22,23,25,26). The molecule has 0 fully saturated rings. The third-order valence-electron chi connectivity index (χ3n) is 3.52. The summed E-state index contributed by atoms with van der Waals surface area (Å²) in [4.78, 5) is 24.1. The lowest BCUT2D eigenvalue weighted by atomic mass is 9.96. The molecule has 0 aliphatic heterocycles. The molecule has 0 unspecified atom stereocenters. The Hall–Kier alpha value is -2.73. The summed E-state index contributed by atoms with van der Waals surface area (Å²) in [6, 6.07) is 16.7. The molecule has 2 amide bonds. The SMILES string of the molecule is CC(C)(C)C(=O)NC(=S)Nc1cccc(NC(=O)Cc2ccccc2)c1. The first-order valence-electron chi connectivity index (χ1n) is 8.30. The average Bonchev–Trinajstić information content (AvgIpc) is 2.54. The second kappa shape index (κ2) is 8.58. The zero-order valence-corrected chi connectivity index (χ0v) is 15.9. The van der Waals surface area contributed by atoms with Gasteiger partial charge in [0, 0.05) is 16.8 Å². The highest BCUT2D eigenvalue weighted by Gasteiger charge is 2.21. The van der Waals surface area contributed by atoms with Gasteiger partial charge in [0.05, 0.1) is 6.42 Å². The molecule has 0 bridgehead atoms. The van der Waals surface area contributed by atoms with Gasteiger partial charge in [-0.2, -0.15) is 0 Å². The quantitative estimate of drug-likeness (QED) is 0.718. The Morgan fingerprint density at radius 2 is 1.54 bits per heavy atom. The van der Waals surface area contributed by atoms with Gasteiger partial charge in [-0.3, -0.25) is 9.59 Å². The van der Waals surface area contributed by atoms with Gasteiger partial charge in [-0.25, -0.2) is 0 Å². The maximum absolute atomic E-state index is 12.2. The molecular weight excluding hydrogens is 346 g/mol. The van der Waals surface area contributed by atoms with Gasteiger partial charge in [0.1, 0.15) is 0 Å². The van der Waals surface area contributed by atoms with E-state index in [-0.39, 0.29) is 16.9 Å². The van der Waals surface area contributed by atoms with Crippen molar-refractivity contribution in [3.05, 3.63) is 60.2 Å². The van der Waals surface area contributed by atoms with Crippen LogP contribution in [0.1, 0.15) is 26.3 Å². The third-order valence-corrected chi connectivity index (χ3v) is 3.72. The van der Waals surface area contributed by atoms with Gasteiger partial charge in [0.2, 0.25) is 11.8 Å². The summed E-state index contributed by atoms with van der Waals surface area (Å²) < 4.78 is 0. The molecule has 0 saturated heterocycles. The Kier molecular flexibility index (Phi) is 6.46. The van der Waals surface area contributed by atoms with Crippen molar-refractivity contribution in [2.75, 3.05) is 10.6 Å². The number of benzene rings is 2. The smallest absolute Gasteiger partial charge is 0.231 e. The number of hydrogen-bond acceptors (Lipinski definition) is 3. The lowest BCUT2D eigenvalue weighted by Gasteiger charge is -2.18. The van der Waals surface area contributed by atoms with Crippen LogP contribution in [0.15, 0.2) is 54.6 Å². The summed E-state index contributed by atoms with van der Waals surface area (Å²) in [6.07, 6.45) is 0.304. The molecule has 0 radical (unpaired) electrons. The number of nitrogens with one attached hydrogen (secondary N) is 3. The van der Waals surface area contributed by atoms with Crippen molar-refractivity contribution in [1.82, 2.24) is 5.32 Å². The van der Waals surface area contributed by atoms with Crippen LogP contribution in [-0.4, -0.2) is 16.9 Å². The van der Waals surface area contributed by atoms with Crippen LogP contribution in [0, 0.1) is 5.41 Å². The second-order valence-corrected chi connectivity index (χ2v) is 7.36. The van der Waals surface area contributed by atoms with E-state index >= 15 is 0 Å². The fourth-order valence-corrected chi connectivity index (χ4v) is 2.32. The predicted molar refractivity (Wildman–Crippen MR) is 109 cm³/mol. The van der Waals surface area contributed by atoms with Crippen LogP contribution < -0.4 is 16.0 Å². The largest absolute Gasteiger partial charge is 0.332 e. The van der Waals surface area contributed by atoms with E-state index in [0.717, 1.165) is 5.56 Å². The van der Waals surface area contributed by atoms with E-state index in [1.165, 1.54) is 0 Å². The molecule has 136 valence electrons. The summed E-state index contributed by atoms with van der Waals surface area (Å²) in [6.45, 7) is 5.44. The Balaban J connectivity index is 1.94. The van der Waals surface area contributed by atoms with Crippen LogP contribution in [0.25, 0.3) is 0 Å². The number of anilines is 2. The topological polar surface area (TPSA) is 70.2 Å². The molecular formula is C20H23N3O2S. The minimum absolute atomic E-state index is 0.100. The predicted octanol–water partition coefficient (Wildman–Crippen LogP) is 3.73. The molecule has 0 aliphatic carbocycles. The van der Waals surface area contributed by atoms with E-state index in [1.807, 2.05) is 57.2 Å². The lowest BCUT2D eigenvalue weighted by molar-refractivity contribution is -0.126. The fourth-order valence-electron chi connectivity index (χ4n) is 2.11. The Morgan fingerprint density at radius 1 is 0.923 bits per heavy atom. The second-order valence-electron chi connectivity index (χ2n) is 6.95. The minimum Gasteiger partial charge on any atom is -0.332 e. The van der Waals surface area contributed by atoms with Crippen molar-refractivity contribution >= 4 is 40.5 Å². The number of carbonyl (C=O) groups excluding carboxylic acids is 2. The van der Waals surface area contributed by atoms with E-state index in [0.29, 0.717) is 17.8 Å². The van der Waals surface area contributed by atoms with Crippen molar-refractivity contribution in [3.8, 4) is 0 Å². The van der Waals surface area contributed by atoms with E-state index in [1.54, 1.807) is 18.2 Å². The van der Waals surface area contributed by atoms with Gasteiger partial charge in [-0.1, -0.05) is 57.2 Å². The van der Waals surface area contributed by atoms with Crippen molar-refractivity contribution in [3.63, 3.8) is 0 Å². The highest BCUT2D eigenvalue weighted by Crippen LogP contribution is 2.16. The molecule has 0 saturated carbocycles. The van der Waals surface area contributed by atoms with Crippen LogP contribution in [0.4, 0.5) is 11.4 Å². The van der Waals surface area contributed by atoms with Gasteiger partial charge in [-0.05, 0) is 36.0 Å². The van der Waals surface area contributed by atoms with Crippen molar-refractivity contribution in [2.24, 2.45) is 5.41 Å². The van der Waals surface area contributed by atoms with Crippen molar-refractivity contribution in [2.45, 2.75) is 27.2 Å². The van der Waals surface area contributed by atoms with E-state index in [9.17, 15) is 9.59 Å². The number of amides is 2. The van der Waals surface area contributed by atoms with Gasteiger partial charge in [0.25, 0.3) is 0 Å². The molecule has 5 nitrogen and oxygen atoms in total. The van der Waals surface area contributed by atoms with Crippen LogP contribution in [0.2, 0.25) is 0 Å². The zero-order valence-electron chi connectivity index (χ0n) is 15.1. The molecule has 2 aromatic rings. The Bertz CT molecular complexity index is 798. The van der Waals surface area contributed by atoms with Crippen molar-refractivity contribution < 1.29 is 9.59 Å². The molecule has 3 N–H and O–H groups in total. The molecule has 0 heterocycles. The Labute approximate surface area is 159 Å². The first kappa shape index (κ1) is 19.6. The van der Waals surface area contributed by atoms with Crippen LogP contribution in [-0.2, 0) is 16.0 Å². The summed E-state index contributed by atoms with van der Waals surface area (Å²) in [5, 5.41) is 8.69. The first-order chi connectivity index (χ1) is 12.2. The number of thiocarbonyl (C=S) groups is 1. The zero-order chi connectivity index (χ0) is 19.2. The molecule has 0 atom stereocenters. The molecule has 0 aromatic heterocycles. The van der Waals surface area contributed by atoms with Crippen molar-refractivity contribution in [1.29, 1.82) is 0 Å². The Morgan fingerprint density at radius 3 is 2.15 bits per heavy atom. The highest BCUT2D eigenvalue weighted by atomic mass is 32.1. The number of carbonyl (C=O) groups is 2. The van der Waals surface area contributed by atoms with Crippen LogP contribution >= 0.6 is 12.2 Å². The maximum atomic E-state index is 12.2. The molecule has 2 aromatic carbocycles. The summed E-state index contributed by atoms with van der Waals surface area (Å²) >= 11 is 5.17. The fraction of sp³-hybridized carbons (Fsp3) is 0.250. The molecule has 6 heteroatoms. The molecule has 2 rings (SSSR count). The average molecular weight is 369 g/mol. The van der Waals surface area contributed by atoms with Gasteiger partial charge < -0.3 is 16.0 Å². The van der Waals surface area contributed by atoms with E-state index < -0.39 is 5.41 Å². The normalized spacial score (nSPS) is 10.7. The molecule has 0 spiro atoms. The first-order valence-corrected chi connectivity index (χ1v) is 8.71. The lowest BCUT2D eigenvalue weighted by Crippen LogP contribution is -2.41. The molecule has 26 heavy (non-hydrogen) atoms. The monoisotopic (exact) mass is 369 g/mol. The summed E-state index contributed by atoms with van der Waals surface area (Å²) in [5.74, 6) is -0.265. The van der Waals surface area contributed by atoms with E-state index in [2.05, 4.69) is 16.0 Å². The van der Waals surface area contributed by atoms with Crippen LogP contribution in [0.5, 0.6) is 0 Å². The van der Waals surface area contributed by atoms with E-state index in [4.69, 9.17) is 12.2 Å². The summed E-state index contributed by atoms with van der Waals surface area (Å²) in [5.41, 5.74) is 1.76. The minimum atomic E-state index is -0.529. The molecule has 0 aliphatic rings.